The van der Waals surface area contributed by atoms with Crippen LogP contribution in [0.2, 0.25) is 0 Å². The molecule has 0 unspecified atom stereocenters. The van der Waals surface area contributed by atoms with Crippen molar-refractivity contribution in [2.45, 2.75) is 58.2 Å². The minimum absolute atomic E-state index is 0.0433. The Morgan fingerprint density at radius 2 is 2.00 bits per heavy atom. The predicted molar refractivity (Wildman–Crippen MR) is 66.5 cm³/mol. The van der Waals surface area contributed by atoms with Gasteiger partial charge in [-0.1, -0.05) is 13.8 Å². The fraction of sp³-hybridized carbons (Fsp3) is 0.750. The summed E-state index contributed by atoms with van der Waals surface area (Å²) in [4.78, 5) is 33.2. The summed E-state index contributed by atoms with van der Waals surface area (Å²) in [6, 6.07) is -0.430. The van der Waals surface area contributed by atoms with Gasteiger partial charge in [-0.15, -0.1) is 0 Å². The van der Waals surface area contributed by atoms with Crippen LogP contribution < -0.4 is 11.1 Å². The van der Waals surface area contributed by atoms with E-state index in [1.807, 2.05) is 13.8 Å². The lowest BCUT2D eigenvalue weighted by molar-refractivity contribution is -0.135. The van der Waals surface area contributed by atoms with Gasteiger partial charge < -0.3 is 10.1 Å². The first kappa shape index (κ1) is 16.6. The maximum atomic E-state index is 11.6. The Bertz CT molecular complexity index is 281. The van der Waals surface area contributed by atoms with Gasteiger partial charge in [0.2, 0.25) is 5.91 Å². The van der Waals surface area contributed by atoms with Crippen molar-refractivity contribution in [1.29, 1.82) is 0 Å². The number of nitrogens with two attached hydrogens (primary N) is 1. The molecule has 0 aliphatic rings. The Kier molecular flexibility index (Phi) is 8.82. The Morgan fingerprint density at radius 3 is 2.50 bits per heavy atom. The standard InChI is InChI=1S/C12H22N2O4/c1-3-5-10(16)9(4-2)14-12(17)7-6-11(13)18-8-15/h8-9,11H,3-7,13H2,1-2H3,(H,14,17)/t9-,11+/m0/s1. The van der Waals surface area contributed by atoms with Gasteiger partial charge in [0, 0.05) is 19.3 Å². The number of Topliss-reactive ketones (excluding diaryl/α,β-unsaturated/α-hetero) is 1. The third-order valence-electron chi connectivity index (χ3n) is 2.51. The Morgan fingerprint density at radius 1 is 1.33 bits per heavy atom. The molecule has 0 saturated carbocycles. The summed E-state index contributed by atoms with van der Waals surface area (Å²) in [6.07, 6.45) is 1.39. The average molecular weight is 258 g/mol. The molecule has 6 nitrogen and oxygen atoms in total. The maximum absolute atomic E-state index is 11.6. The van der Waals surface area contributed by atoms with E-state index in [4.69, 9.17) is 5.73 Å². The molecule has 1 amide bonds. The van der Waals surface area contributed by atoms with Gasteiger partial charge in [-0.3, -0.25) is 20.1 Å². The van der Waals surface area contributed by atoms with Crippen LogP contribution in [0.15, 0.2) is 0 Å². The lowest BCUT2D eigenvalue weighted by Crippen LogP contribution is -2.40. The van der Waals surface area contributed by atoms with E-state index in [0.717, 1.165) is 6.42 Å². The highest BCUT2D eigenvalue weighted by atomic mass is 16.5. The highest BCUT2D eigenvalue weighted by molar-refractivity contribution is 5.88. The van der Waals surface area contributed by atoms with Crippen molar-refractivity contribution in [3.8, 4) is 0 Å². The summed E-state index contributed by atoms with van der Waals surface area (Å²) in [5.74, 6) is -0.210. The molecule has 0 saturated heterocycles. The summed E-state index contributed by atoms with van der Waals surface area (Å²) in [6.45, 7) is 4.02. The smallest absolute Gasteiger partial charge is 0.294 e. The summed E-state index contributed by atoms with van der Waals surface area (Å²) >= 11 is 0. The van der Waals surface area contributed by atoms with Crippen LogP contribution in [0.5, 0.6) is 0 Å². The molecule has 0 aliphatic carbocycles. The van der Waals surface area contributed by atoms with Gasteiger partial charge in [0.25, 0.3) is 6.47 Å². The van der Waals surface area contributed by atoms with E-state index >= 15 is 0 Å². The molecule has 0 heterocycles. The van der Waals surface area contributed by atoms with E-state index in [-0.39, 0.29) is 31.0 Å². The van der Waals surface area contributed by atoms with Crippen LogP contribution in [-0.2, 0) is 19.1 Å². The van der Waals surface area contributed by atoms with Gasteiger partial charge in [0.15, 0.2) is 12.0 Å². The van der Waals surface area contributed by atoms with E-state index in [1.54, 1.807) is 0 Å². The zero-order valence-electron chi connectivity index (χ0n) is 11.0. The maximum Gasteiger partial charge on any atom is 0.294 e. The van der Waals surface area contributed by atoms with Crippen LogP contribution in [0, 0.1) is 0 Å². The van der Waals surface area contributed by atoms with E-state index < -0.39 is 12.3 Å². The molecule has 0 aromatic carbocycles. The molecular formula is C12H22N2O4. The first-order valence-corrected chi connectivity index (χ1v) is 6.21. The van der Waals surface area contributed by atoms with Gasteiger partial charge in [-0.2, -0.15) is 0 Å². The van der Waals surface area contributed by atoms with Gasteiger partial charge in [0.05, 0.1) is 6.04 Å². The zero-order chi connectivity index (χ0) is 14.0. The van der Waals surface area contributed by atoms with Crippen LogP contribution in [-0.4, -0.2) is 30.4 Å². The highest BCUT2D eigenvalue weighted by Gasteiger charge is 2.18. The largest absolute Gasteiger partial charge is 0.449 e. The molecule has 0 radical (unpaired) electrons. The summed E-state index contributed by atoms with van der Waals surface area (Å²) < 4.78 is 4.46. The zero-order valence-corrected chi connectivity index (χ0v) is 11.0. The number of carbonyl (C=O) groups excluding carboxylic acids is 3. The van der Waals surface area contributed by atoms with Gasteiger partial charge in [-0.05, 0) is 12.8 Å². The van der Waals surface area contributed by atoms with E-state index in [0.29, 0.717) is 12.8 Å². The molecule has 0 aromatic heterocycles. The Balaban J connectivity index is 4.03. The third-order valence-corrected chi connectivity index (χ3v) is 2.51. The van der Waals surface area contributed by atoms with Crippen molar-refractivity contribution in [3.63, 3.8) is 0 Å². The lowest BCUT2D eigenvalue weighted by atomic mass is 10.1. The molecular weight excluding hydrogens is 236 g/mol. The van der Waals surface area contributed by atoms with Crippen molar-refractivity contribution in [2.24, 2.45) is 5.73 Å². The summed E-state index contributed by atoms with van der Waals surface area (Å²) in [5, 5.41) is 2.66. The molecule has 0 bridgehead atoms. The quantitative estimate of drug-likeness (QED) is 0.439. The number of ether oxygens (including phenoxy) is 1. The molecule has 18 heavy (non-hydrogen) atoms. The number of carbonyl (C=O) groups is 3. The van der Waals surface area contributed by atoms with Crippen LogP contribution in [0.25, 0.3) is 0 Å². The predicted octanol–water partition coefficient (Wildman–Crippen LogP) is 0.488. The average Bonchev–Trinajstić information content (AvgIpc) is 2.34. The minimum Gasteiger partial charge on any atom is -0.449 e. The molecule has 6 heteroatoms. The number of hydrogen-bond donors (Lipinski definition) is 2. The highest BCUT2D eigenvalue weighted by Crippen LogP contribution is 2.02. The molecule has 0 rings (SSSR count). The van der Waals surface area contributed by atoms with Gasteiger partial charge in [-0.25, -0.2) is 0 Å². The second kappa shape index (κ2) is 9.58. The van der Waals surface area contributed by atoms with Crippen LogP contribution in [0.4, 0.5) is 0 Å². The van der Waals surface area contributed by atoms with Crippen molar-refractivity contribution in [3.05, 3.63) is 0 Å². The monoisotopic (exact) mass is 258 g/mol. The normalized spacial score (nSPS) is 13.5. The van der Waals surface area contributed by atoms with Crippen LogP contribution in [0.3, 0.4) is 0 Å². The minimum atomic E-state index is -0.778. The molecule has 2 atom stereocenters. The molecule has 3 N–H and O–H groups in total. The first-order valence-electron chi connectivity index (χ1n) is 6.21. The second-order valence-electron chi connectivity index (χ2n) is 4.05. The summed E-state index contributed by atoms with van der Waals surface area (Å²) in [5.41, 5.74) is 5.40. The third kappa shape index (κ3) is 7.01. The van der Waals surface area contributed by atoms with Crippen LogP contribution in [0.1, 0.15) is 46.0 Å². The van der Waals surface area contributed by atoms with Crippen LogP contribution >= 0.6 is 0 Å². The number of rotatable bonds is 10. The molecule has 0 aliphatic heterocycles. The van der Waals surface area contributed by atoms with Crippen molar-refractivity contribution < 1.29 is 19.1 Å². The number of ketones is 1. The van der Waals surface area contributed by atoms with E-state index in [1.165, 1.54) is 0 Å². The Labute approximate surface area is 107 Å². The van der Waals surface area contributed by atoms with E-state index in [2.05, 4.69) is 10.1 Å². The molecule has 0 aromatic rings. The van der Waals surface area contributed by atoms with Crippen molar-refractivity contribution in [1.82, 2.24) is 5.32 Å². The molecule has 0 spiro atoms. The number of amides is 1. The number of nitrogens with one attached hydrogen (secondary N) is 1. The van der Waals surface area contributed by atoms with E-state index in [9.17, 15) is 14.4 Å². The van der Waals surface area contributed by atoms with Crippen molar-refractivity contribution in [2.75, 3.05) is 0 Å². The second-order valence-corrected chi connectivity index (χ2v) is 4.05. The number of hydrogen-bond acceptors (Lipinski definition) is 5. The molecule has 104 valence electrons. The SMILES string of the molecule is CCCC(=O)[C@H](CC)NC(=O)CC[C@H](N)OC=O. The first-order chi connectivity index (χ1) is 8.54. The van der Waals surface area contributed by atoms with Gasteiger partial charge >= 0.3 is 0 Å². The van der Waals surface area contributed by atoms with Crippen molar-refractivity contribution >= 4 is 18.2 Å². The fourth-order valence-electron chi connectivity index (χ4n) is 1.51. The van der Waals surface area contributed by atoms with Gasteiger partial charge in [0.1, 0.15) is 0 Å². The topological polar surface area (TPSA) is 98.5 Å². The summed E-state index contributed by atoms with van der Waals surface area (Å²) in [7, 11) is 0. The molecule has 0 fully saturated rings. The Hall–Kier alpha value is -1.43. The lowest BCUT2D eigenvalue weighted by Gasteiger charge is -2.16. The fourth-order valence-corrected chi connectivity index (χ4v) is 1.51.